The van der Waals surface area contributed by atoms with Gasteiger partial charge in [-0.15, -0.1) is 11.6 Å². The fourth-order valence-corrected chi connectivity index (χ4v) is 1.55. The van der Waals surface area contributed by atoms with Crippen LogP contribution < -0.4 is 5.76 Å². The van der Waals surface area contributed by atoms with E-state index in [9.17, 15) is 9.90 Å². The van der Waals surface area contributed by atoms with Crippen molar-refractivity contribution in [2.75, 3.05) is 5.88 Å². The van der Waals surface area contributed by atoms with E-state index in [1.165, 1.54) is 0 Å². The van der Waals surface area contributed by atoms with E-state index in [2.05, 4.69) is 4.98 Å². The lowest BCUT2D eigenvalue weighted by atomic mass is 10.1. The van der Waals surface area contributed by atoms with Crippen molar-refractivity contribution in [2.45, 2.75) is 12.5 Å². The maximum Gasteiger partial charge on any atom is 0.417 e. The van der Waals surface area contributed by atoms with Crippen LogP contribution in [0.25, 0.3) is 11.1 Å². The molecule has 0 radical (unpaired) electrons. The van der Waals surface area contributed by atoms with E-state index in [-0.39, 0.29) is 5.88 Å². The molecule has 80 valence electrons. The summed E-state index contributed by atoms with van der Waals surface area (Å²) < 4.78 is 4.90. The van der Waals surface area contributed by atoms with Gasteiger partial charge in [-0.2, -0.15) is 0 Å². The Labute approximate surface area is 90.5 Å². The van der Waals surface area contributed by atoms with E-state index >= 15 is 0 Å². The van der Waals surface area contributed by atoms with Crippen LogP contribution in [0.5, 0.6) is 0 Å². The third-order valence-electron chi connectivity index (χ3n) is 2.13. The molecule has 0 spiro atoms. The molecule has 0 aliphatic rings. The van der Waals surface area contributed by atoms with Crippen LogP contribution in [-0.4, -0.2) is 22.1 Å². The third-order valence-corrected chi connectivity index (χ3v) is 2.49. The van der Waals surface area contributed by atoms with Gasteiger partial charge >= 0.3 is 5.76 Å². The van der Waals surface area contributed by atoms with E-state index in [1.807, 2.05) is 6.07 Å². The van der Waals surface area contributed by atoms with E-state index in [4.69, 9.17) is 16.0 Å². The van der Waals surface area contributed by atoms with Gasteiger partial charge in [0.15, 0.2) is 5.58 Å². The van der Waals surface area contributed by atoms with E-state index in [0.717, 1.165) is 5.56 Å². The monoisotopic (exact) mass is 227 g/mol. The molecule has 0 aliphatic heterocycles. The molecule has 0 amide bonds. The molecule has 1 atom stereocenters. The molecular formula is C10H10ClNO3. The molecule has 2 rings (SSSR count). The number of nitrogens with one attached hydrogen (secondary N) is 1. The summed E-state index contributed by atoms with van der Waals surface area (Å²) in [5, 5.41) is 9.36. The minimum absolute atomic E-state index is 0.190. The van der Waals surface area contributed by atoms with Crippen molar-refractivity contribution in [3.63, 3.8) is 0 Å². The number of hydrogen-bond donors (Lipinski definition) is 2. The summed E-state index contributed by atoms with van der Waals surface area (Å²) in [5.74, 6) is -0.283. The van der Waals surface area contributed by atoms with Gasteiger partial charge in [-0.3, -0.25) is 4.98 Å². The normalized spacial score (nSPS) is 13.2. The lowest BCUT2D eigenvalue weighted by Gasteiger charge is -2.05. The maximum absolute atomic E-state index is 10.9. The Morgan fingerprint density at radius 3 is 3.07 bits per heavy atom. The summed E-state index contributed by atoms with van der Waals surface area (Å²) in [6.07, 6.45) is -0.122. The Bertz CT molecular complexity index is 517. The van der Waals surface area contributed by atoms with Crippen LogP contribution in [-0.2, 0) is 6.42 Å². The Hall–Kier alpha value is -1.26. The van der Waals surface area contributed by atoms with Crippen molar-refractivity contribution in [3.8, 4) is 0 Å². The number of aliphatic hydroxyl groups is 1. The van der Waals surface area contributed by atoms with Gasteiger partial charge < -0.3 is 9.52 Å². The highest BCUT2D eigenvalue weighted by molar-refractivity contribution is 6.18. The van der Waals surface area contributed by atoms with E-state index in [0.29, 0.717) is 17.5 Å². The van der Waals surface area contributed by atoms with Crippen molar-refractivity contribution in [2.24, 2.45) is 0 Å². The Kier molecular flexibility index (Phi) is 2.79. The molecule has 1 heterocycles. The van der Waals surface area contributed by atoms with Gasteiger partial charge in [0.05, 0.1) is 11.6 Å². The summed E-state index contributed by atoms with van der Waals surface area (Å²) in [7, 11) is 0. The Morgan fingerprint density at radius 1 is 1.53 bits per heavy atom. The average molecular weight is 228 g/mol. The number of aromatic amines is 1. The lowest BCUT2D eigenvalue weighted by Crippen LogP contribution is -2.11. The quantitative estimate of drug-likeness (QED) is 0.776. The van der Waals surface area contributed by atoms with Gasteiger partial charge in [-0.25, -0.2) is 4.79 Å². The third kappa shape index (κ3) is 2.22. The number of halogens is 1. The molecule has 5 heteroatoms. The van der Waals surface area contributed by atoms with Crippen LogP contribution in [0.3, 0.4) is 0 Å². The molecule has 2 aromatic rings. The summed E-state index contributed by atoms with van der Waals surface area (Å²) in [6, 6.07) is 5.29. The molecule has 0 bridgehead atoms. The summed E-state index contributed by atoms with van der Waals surface area (Å²) >= 11 is 5.49. The fourth-order valence-electron chi connectivity index (χ4n) is 1.44. The van der Waals surface area contributed by atoms with Crippen molar-refractivity contribution in [3.05, 3.63) is 34.3 Å². The minimum Gasteiger partial charge on any atom is -0.408 e. The second-order valence-corrected chi connectivity index (χ2v) is 3.67. The molecule has 1 unspecified atom stereocenters. The zero-order chi connectivity index (χ0) is 10.8. The molecule has 0 aliphatic carbocycles. The number of fused-ring (bicyclic) bond motifs is 1. The van der Waals surface area contributed by atoms with Gasteiger partial charge in [0.1, 0.15) is 0 Å². The number of benzene rings is 1. The number of rotatable bonds is 3. The molecule has 15 heavy (non-hydrogen) atoms. The zero-order valence-electron chi connectivity index (χ0n) is 7.87. The highest BCUT2D eigenvalue weighted by Gasteiger charge is 2.06. The SMILES string of the molecule is O=c1[nH]c2ccc(CC(O)CCl)cc2o1. The number of alkyl halides is 1. The first-order chi connectivity index (χ1) is 7.19. The molecule has 0 saturated heterocycles. The minimum atomic E-state index is -0.574. The highest BCUT2D eigenvalue weighted by atomic mass is 35.5. The zero-order valence-corrected chi connectivity index (χ0v) is 8.62. The first kappa shape index (κ1) is 10.3. The number of oxazole rings is 1. The van der Waals surface area contributed by atoms with Gasteiger partial charge in [0.25, 0.3) is 0 Å². The first-order valence-corrected chi connectivity index (χ1v) is 5.08. The van der Waals surface area contributed by atoms with Crippen molar-refractivity contribution in [1.82, 2.24) is 4.98 Å². The number of aliphatic hydroxyl groups excluding tert-OH is 1. The van der Waals surface area contributed by atoms with Crippen LogP contribution in [0.15, 0.2) is 27.4 Å². The Morgan fingerprint density at radius 2 is 2.33 bits per heavy atom. The van der Waals surface area contributed by atoms with Crippen LogP contribution in [0.1, 0.15) is 5.56 Å². The molecule has 1 aromatic heterocycles. The van der Waals surface area contributed by atoms with Crippen LogP contribution in [0, 0.1) is 0 Å². The summed E-state index contributed by atoms with van der Waals surface area (Å²) in [5.41, 5.74) is 2.04. The Balaban J connectivity index is 2.34. The molecule has 1 aromatic carbocycles. The highest BCUT2D eigenvalue weighted by Crippen LogP contribution is 2.14. The second-order valence-electron chi connectivity index (χ2n) is 3.36. The number of H-pyrrole nitrogens is 1. The van der Waals surface area contributed by atoms with Gasteiger partial charge in [0.2, 0.25) is 0 Å². The van der Waals surface area contributed by atoms with Gasteiger partial charge in [0, 0.05) is 5.88 Å². The second kappa shape index (κ2) is 4.08. The predicted octanol–water partition coefficient (Wildman–Crippen LogP) is 1.26. The summed E-state index contributed by atoms with van der Waals surface area (Å²) in [4.78, 5) is 13.4. The molecule has 0 fully saturated rings. The van der Waals surface area contributed by atoms with Crippen LogP contribution >= 0.6 is 11.6 Å². The smallest absolute Gasteiger partial charge is 0.408 e. The average Bonchev–Trinajstić information content (AvgIpc) is 2.57. The van der Waals surface area contributed by atoms with Crippen molar-refractivity contribution < 1.29 is 9.52 Å². The molecular weight excluding hydrogens is 218 g/mol. The largest absolute Gasteiger partial charge is 0.417 e. The first-order valence-electron chi connectivity index (χ1n) is 4.55. The van der Waals surface area contributed by atoms with E-state index < -0.39 is 11.9 Å². The lowest BCUT2D eigenvalue weighted by molar-refractivity contribution is 0.199. The summed E-state index contributed by atoms with van der Waals surface area (Å²) in [6.45, 7) is 0. The standard InChI is InChI=1S/C10H10ClNO3/c11-5-7(13)3-6-1-2-8-9(4-6)15-10(14)12-8/h1-2,4,7,13H,3,5H2,(H,12,14). The van der Waals surface area contributed by atoms with Gasteiger partial charge in [-0.05, 0) is 24.1 Å². The molecule has 2 N–H and O–H groups in total. The maximum atomic E-state index is 10.9. The molecule has 0 saturated carbocycles. The predicted molar refractivity (Wildman–Crippen MR) is 57.3 cm³/mol. The molecule has 4 nitrogen and oxygen atoms in total. The van der Waals surface area contributed by atoms with Crippen molar-refractivity contribution in [1.29, 1.82) is 0 Å². The van der Waals surface area contributed by atoms with Crippen LogP contribution in [0.4, 0.5) is 0 Å². The number of aromatic nitrogens is 1. The fraction of sp³-hybridized carbons (Fsp3) is 0.300. The number of hydrogen-bond acceptors (Lipinski definition) is 3. The topological polar surface area (TPSA) is 66.2 Å². The van der Waals surface area contributed by atoms with E-state index in [1.54, 1.807) is 12.1 Å². The van der Waals surface area contributed by atoms with Crippen molar-refractivity contribution >= 4 is 22.7 Å². The van der Waals surface area contributed by atoms with Crippen LogP contribution in [0.2, 0.25) is 0 Å². The van der Waals surface area contributed by atoms with Gasteiger partial charge in [-0.1, -0.05) is 6.07 Å².